The molecule has 10 heteroatoms. The fraction of sp³-hybridized carbons (Fsp3) is 0.200. The molecule has 2 aromatic carbocycles. The number of hydrogen-bond donors (Lipinski definition) is 0. The molecule has 4 rings (SSSR count). The van der Waals surface area contributed by atoms with Gasteiger partial charge in [-0.2, -0.15) is 22.5 Å². The first-order valence-electron chi connectivity index (χ1n) is 8.97. The molecule has 3 aromatic rings. The van der Waals surface area contributed by atoms with Gasteiger partial charge in [0.1, 0.15) is 0 Å². The van der Waals surface area contributed by atoms with Crippen LogP contribution >= 0.6 is 0 Å². The van der Waals surface area contributed by atoms with Crippen LogP contribution in [0.25, 0.3) is 17.5 Å². The lowest BCUT2D eigenvalue weighted by Gasteiger charge is -2.34. The van der Waals surface area contributed by atoms with Crippen LogP contribution in [0.5, 0.6) is 0 Å². The van der Waals surface area contributed by atoms with Crippen molar-refractivity contribution in [3.63, 3.8) is 0 Å². The average molecular weight is 435 g/mol. The third-order valence-corrected chi connectivity index (χ3v) is 6.18. The number of hydrogen-bond acceptors (Lipinski definition) is 5. The van der Waals surface area contributed by atoms with E-state index in [0.717, 1.165) is 23.1 Å². The molecule has 1 saturated heterocycles. The van der Waals surface area contributed by atoms with Crippen molar-refractivity contribution in [2.75, 3.05) is 13.1 Å². The summed E-state index contributed by atoms with van der Waals surface area (Å²) >= 11 is 0. The van der Waals surface area contributed by atoms with Gasteiger partial charge >= 0.3 is 6.18 Å². The third-order valence-electron chi connectivity index (χ3n) is 4.68. The van der Waals surface area contributed by atoms with Crippen LogP contribution in [0.1, 0.15) is 22.9 Å². The van der Waals surface area contributed by atoms with Crippen molar-refractivity contribution in [1.82, 2.24) is 14.4 Å². The topological polar surface area (TPSA) is 76.3 Å². The molecular weight excluding hydrogens is 419 g/mol. The summed E-state index contributed by atoms with van der Waals surface area (Å²) < 4.78 is 69.8. The number of rotatable bonds is 5. The van der Waals surface area contributed by atoms with Crippen LogP contribution in [0.2, 0.25) is 0 Å². The number of nitrogens with zero attached hydrogens (tertiary/aromatic N) is 3. The van der Waals surface area contributed by atoms with Gasteiger partial charge in [0.05, 0.1) is 11.5 Å². The Bertz CT molecular complexity index is 1170. The number of aromatic nitrogens is 2. The van der Waals surface area contributed by atoms with Gasteiger partial charge in [-0.05, 0) is 23.8 Å². The van der Waals surface area contributed by atoms with Gasteiger partial charge in [-0.15, -0.1) is 0 Å². The van der Waals surface area contributed by atoms with Crippen molar-refractivity contribution in [1.29, 1.82) is 0 Å². The van der Waals surface area contributed by atoms with E-state index in [0.29, 0.717) is 0 Å². The van der Waals surface area contributed by atoms with Gasteiger partial charge in [0.25, 0.3) is 0 Å². The first-order chi connectivity index (χ1) is 14.2. The SMILES string of the molecule is O=S(=O)(C=Cc1ccccc1)N1CC(c2nc(-c3cccc(C(F)(F)F)c3)no2)C1. The molecule has 0 radical (unpaired) electrons. The minimum Gasteiger partial charge on any atom is -0.339 e. The number of alkyl halides is 3. The second-order valence-electron chi connectivity index (χ2n) is 6.81. The molecule has 6 nitrogen and oxygen atoms in total. The van der Waals surface area contributed by atoms with E-state index in [2.05, 4.69) is 10.1 Å². The highest BCUT2D eigenvalue weighted by Crippen LogP contribution is 2.33. The van der Waals surface area contributed by atoms with E-state index < -0.39 is 21.8 Å². The van der Waals surface area contributed by atoms with Gasteiger partial charge in [-0.25, -0.2) is 8.42 Å². The summed E-state index contributed by atoms with van der Waals surface area (Å²) in [5.74, 6) is -0.0840. The summed E-state index contributed by atoms with van der Waals surface area (Å²) in [4.78, 5) is 4.15. The minimum atomic E-state index is -4.47. The Hall–Kier alpha value is -2.98. The summed E-state index contributed by atoms with van der Waals surface area (Å²) in [7, 11) is -3.59. The van der Waals surface area contributed by atoms with Gasteiger partial charge < -0.3 is 4.52 Å². The van der Waals surface area contributed by atoms with Crippen molar-refractivity contribution in [2.24, 2.45) is 0 Å². The Kier molecular flexibility index (Phi) is 5.20. The minimum absolute atomic E-state index is 0.0291. The predicted octanol–water partition coefficient (Wildman–Crippen LogP) is 4.16. The summed E-state index contributed by atoms with van der Waals surface area (Å²) in [6.07, 6.45) is -2.96. The first-order valence-corrected chi connectivity index (χ1v) is 10.5. The fourth-order valence-electron chi connectivity index (χ4n) is 2.97. The maximum atomic E-state index is 12.9. The van der Waals surface area contributed by atoms with Crippen LogP contribution in [0, 0.1) is 0 Å². The first kappa shape index (κ1) is 20.3. The second kappa shape index (κ2) is 7.69. The lowest BCUT2D eigenvalue weighted by atomic mass is 10.0. The lowest BCUT2D eigenvalue weighted by Crippen LogP contribution is -2.47. The van der Waals surface area contributed by atoms with Crippen molar-refractivity contribution in [3.05, 3.63) is 77.0 Å². The van der Waals surface area contributed by atoms with Gasteiger partial charge in [-0.1, -0.05) is 47.6 Å². The molecule has 1 aliphatic heterocycles. The summed E-state index contributed by atoms with van der Waals surface area (Å²) in [5.41, 5.74) is 0.132. The van der Waals surface area contributed by atoms with Crippen molar-refractivity contribution >= 4 is 16.1 Å². The summed E-state index contributed by atoms with van der Waals surface area (Å²) in [6.45, 7) is 0.317. The Morgan fingerprint density at radius 1 is 1.07 bits per heavy atom. The Labute approximate surface area is 170 Å². The number of benzene rings is 2. The monoisotopic (exact) mass is 435 g/mol. The normalized spacial score (nSPS) is 16.1. The largest absolute Gasteiger partial charge is 0.416 e. The molecule has 30 heavy (non-hydrogen) atoms. The molecule has 0 amide bonds. The molecule has 0 saturated carbocycles. The Morgan fingerprint density at radius 3 is 2.50 bits per heavy atom. The molecule has 1 aromatic heterocycles. The van der Waals surface area contributed by atoms with Crippen LogP contribution < -0.4 is 0 Å². The second-order valence-corrected chi connectivity index (χ2v) is 8.63. The zero-order valence-electron chi connectivity index (χ0n) is 15.5. The van der Waals surface area contributed by atoms with Crippen LogP contribution in [0.4, 0.5) is 13.2 Å². The van der Waals surface area contributed by atoms with Crippen molar-refractivity contribution in [2.45, 2.75) is 12.1 Å². The van der Waals surface area contributed by atoms with Gasteiger partial charge in [0.15, 0.2) is 0 Å². The van der Waals surface area contributed by atoms with Crippen molar-refractivity contribution < 1.29 is 26.1 Å². The molecule has 1 fully saturated rings. The molecule has 0 atom stereocenters. The third kappa shape index (κ3) is 4.29. The van der Waals surface area contributed by atoms with E-state index in [-0.39, 0.29) is 36.3 Å². The van der Waals surface area contributed by atoms with Crippen LogP contribution in [-0.4, -0.2) is 36.0 Å². The Morgan fingerprint density at radius 2 is 1.80 bits per heavy atom. The zero-order chi connectivity index (χ0) is 21.4. The van der Waals surface area contributed by atoms with Crippen LogP contribution in [0.15, 0.2) is 64.5 Å². The maximum Gasteiger partial charge on any atom is 0.416 e. The molecule has 0 bridgehead atoms. The predicted molar refractivity (Wildman–Crippen MR) is 103 cm³/mol. The van der Waals surface area contributed by atoms with E-state index in [1.807, 2.05) is 18.2 Å². The highest BCUT2D eigenvalue weighted by molar-refractivity contribution is 7.92. The summed E-state index contributed by atoms with van der Waals surface area (Å²) in [6, 6.07) is 13.7. The highest BCUT2D eigenvalue weighted by atomic mass is 32.2. The number of sulfonamides is 1. The smallest absolute Gasteiger partial charge is 0.339 e. The Balaban J connectivity index is 1.43. The van der Waals surface area contributed by atoms with E-state index in [4.69, 9.17) is 4.52 Å². The molecule has 0 spiro atoms. The van der Waals surface area contributed by atoms with Crippen LogP contribution in [-0.2, 0) is 16.2 Å². The van der Waals surface area contributed by atoms with E-state index in [9.17, 15) is 21.6 Å². The molecular formula is C20H16F3N3O3S. The highest BCUT2D eigenvalue weighted by Gasteiger charge is 2.39. The molecule has 2 heterocycles. The standard InChI is InChI=1S/C20H16F3N3O3S/c21-20(22,23)17-8-4-7-15(11-17)18-24-19(29-25-18)16-12-26(13-16)30(27,28)10-9-14-5-2-1-3-6-14/h1-11,16H,12-13H2. The fourth-order valence-corrected chi connectivity index (χ4v) is 4.25. The van der Waals surface area contributed by atoms with E-state index in [1.165, 1.54) is 22.5 Å². The molecule has 0 N–H and O–H groups in total. The maximum absolute atomic E-state index is 12.9. The molecule has 156 valence electrons. The summed E-state index contributed by atoms with van der Waals surface area (Å²) in [5, 5.41) is 4.88. The van der Waals surface area contributed by atoms with Crippen molar-refractivity contribution in [3.8, 4) is 11.4 Å². The number of halogens is 3. The quantitative estimate of drug-likeness (QED) is 0.602. The van der Waals surface area contributed by atoms with Crippen LogP contribution in [0.3, 0.4) is 0 Å². The molecule has 0 aliphatic carbocycles. The molecule has 0 unspecified atom stereocenters. The van der Waals surface area contributed by atoms with Gasteiger partial charge in [-0.3, -0.25) is 0 Å². The average Bonchev–Trinajstić information content (AvgIpc) is 3.15. The zero-order valence-corrected chi connectivity index (χ0v) is 16.3. The van der Waals surface area contributed by atoms with E-state index in [1.54, 1.807) is 12.1 Å². The van der Waals surface area contributed by atoms with E-state index >= 15 is 0 Å². The van der Waals surface area contributed by atoms with Gasteiger partial charge in [0.2, 0.25) is 21.7 Å². The van der Waals surface area contributed by atoms with Gasteiger partial charge in [0, 0.05) is 24.1 Å². The molecule has 1 aliphatic rings. The lowest BCUT2D eigenvalue weighted by molar-refractivity contribution is -0.137.